The van der Waals surface area contributed by atoms with Gasteiger partial charge in [-0.15, -0.1) is 0 Å². The van der Waals surface area contributed by atoms with Crippen molar-refractivity contribution in [2.45, 2.75) is 13.8 Å². The van der Waals surface area contributed by atoms with E-state index in [4.69, 9.17) is 11.6 Å². The molecule has 6 nitrogen and oxygen atoms in total. The zero-order valence-corrected chi connectivity index (χ0v) is 17.2. The first-order chi connectivity index (χ1) is 14.5. The van der Waals surface area contributed by atoms with E-state index in [2.05, 4.69) is 20.6 Å². The van der Waals surface area contributed by atoms with Gasteiger partial charge in [-0.25, -0.2) is 4.39 Å². The third-order valence-corrected chi connectivity index (χ3v) is 5.02. The Morgan fingerprint density at radius 1 is 1.17 bits per heavy atom. The van der Waals surface area contributed by atoms with Crippen molar-refractivity contribution in [1.29, 1.82) is 0 Å². The average Bonchev–Trinajstić information content (AvgIpc) is 3.13. The summed E-state index contributed by atoms with van der Waals surface area (Å²) >= 11 is 6.29. The van der Waals surface area contributed by atoms with Gasteiger partial charge in [-0.1, -0.05) is 29.8 Å². The second-order valence-electron chi connectivity index (χ2n) is 6.73. The summed E-state index contributed by atoms with van der Waals surface area (Å²) in [4.78, 5) is 12.5. The molecule has 152 valence electrons. The van der Waals surface area contributed by atoms with E-state index >= 15 is 0 Å². The summed E-state index contributed by atoms with van der Waals surface area (Å²) in [6, 6.07) is 14.8. The summed E-state index contributed by atoms with van der Waals surface area (Å²) in [7, 11) is 0. The first-order valence-corrected chi connectivity index (χ1v) is 9.81. The molecule has 4 rings (SSSR count). The second kappa shape index (κ2) is 8.12. The summed E-state index contributed by atoms with van der Waals surface area (Å²) in [6.45, 7) is 4.52. The third kappa shape index (κ3) is 3.59. The fraction of sp³-hybridized carbons (Fsp3) is 0.136. The van der Waals surface area contributed by atoms with Crippen molar-refractivity contribution >= 4 is 17.4 Å². The molecule has 2 aromatic carbocycles. The molecule has 8 heteroatoms. The minimum atomic E-state index is -0.432. The number of halogens is 2. The molecule has 4 aromatic rings. The number of hydrogen-bond donors (Lipinski definition) is 2. The Labute approximate surface area is 177 Å². The highest BCUT2D eigenvalue weighted by Crippen LogP contribution is 2.38. The molecule has 0 aliphatic heterocycles. The van der Waals surface area contributed by atoms with E-state index in [9.17, 15) is 9.18 Å². The van der Waals surface area contributed by atoms with Crippen molar-refractivity contribution in [1.82, 2.24) is 20.0 Å². The number of H-pyrrole nitrogens is 1. The zero-order chi connectivity index (χ0) is 21.3. The lowest BCUT2D eigenvalue weighted by atomic mass is 10.0. The zero-order valence-electron chi connectivity index (χ0n) is 16.4. The van der Waals surface area contributed by atoms with Crippen molar-refractivity contribution < 1.29 is 4.39 Å². The van der Waals surface area contributed by atoms with E-state index in [1.807, 2.05) is 38.1 Å². The summed E-state index contributed by atoms with van der Waals surface area (Å²) in [5, 5.41) is 15.4. The summed E-state index contributed by atoms with van der Waals surface area (Å²) in [5.41, 5.74) is 3.61. The molecular weight excluding hydrogens is 405 g/mol. The molecule has 0 saturated heterocycles. The summed E-state index contributed by atoms with van der Waals surface area (Å²) in [5.74, 6) is 0.203. The van der Waals surface area contributed by atoms with E-state index in [1.54, 1.807) is 12.1 Å². The fourth-order valence-corrected chi connectivity index (χ4v) is 3.55. The number of hydrogen-bond acceptors (Lipinski definition) is 4. The van der Waals surface area contributed by atoms with Gasteiger partial charge in [0, 0.05) is 18.2 Å². The number of anilines is 1. The number of aromatic amines is 1. The second-order valence-corrected chi connectivity index (χ2v) is 7.14. The maximum Gasteiger partial charge on any atom is 0.271 e. The van der Waals surface area contributed by atoms with Gasteiger partial charge in [0.15, 0.2) is 0 Å². The van der Waals surface area contributed by atoms with E-state index in [-0.39, 0.29) is 10.6 Å². The molecule has 0 fully saturated rings. The molecule has 0 unspecified atom stereocenters. The van der Waals surface area contributed by atoms with Gasteiger partial charge in [-0.05, 0) is 49.7 Å². The lowest BCUT2D eigenvalue weighted by Gasteiger charge is -2.11. The standard InChI is InChI=1S/C22H19ClFN5O/c1-3-25-22-20(21(26-27-22)15-9-8-14(24)12-16(15)23)17-10-11-19(30)29(28-17)18-7-5-4-6-13(18)2/h4-12H,3H2,1-2H3,(H2,25,26,27). The highest BCUT2D eigenvalue weighted by Gasteiger charge is 2.21. The van der Waals surface area contributed by atoms with E-state index in [0.717, 1.165) is 5.56 Å². The van der Waals surface area contributed by atoms with E-state index in [1.165, 1.54) is 22.9 Å². The number of nitrogens with one attached hydrogen (secondary N) is 2. The Bertz CT molecular complexity index is 1280. The molecule has 0 atom stereocenters. The minimum absolute atomic E-state index is 0.234. The first kappa shape index (κ1) is 19.8. The number of aromatic nitrogens is 4. The number of rotatable bonds is 5. The number of aryl methyl sites for hydroxylation is 1. The van der Waals surface area contributed by atoms with Gasteiger partial charge >= 0.3 is 0 Å². The van der Waals surface area contributed by atoms with Crippen molar-refractivity contribution in [2.75, 3.05) is 11.9 Å². The van der Waals surface area contributed by atoms with Crippen LogP contribution in [0.25, 0.3) is 28.2 Å². The van der Waals surface area contributed by atoms with E-state index in [0.29, 0.717) is 40.6 Å². The Hall–Kier alpha value is -3.45. The van der Waals surface area contributed by atoms with Gasteiger partial charge < -0.3 is 5.32 Å². The average molecular weight is 424 g/mol. The lowest BCUT2D eigenvalue weighted by molar-refractivity contribution is 0.628. The predicted octanol–water partition coefficient (Wildman–Crippen LogP) is 4.82. The molecule has 2 heterocycles. The van der Waals surface area contributed by atoms with Crippen LogP contribution in [0.15, 0.2) is 59.4 Å². The van der Waals surface area contributed by atoms with Crippen molar-refractivity contribution in [3.63, 3.8) is 0 Å². The maximum absolute atomic E-state index is 13.6. The van der Waals surface area contributed by atoms with Crippen molar-refractivity contribution in [2.24, 2.45) is 0 Å². The molecule has 0 spiro atoms. The molecule has 2 aromatic heterocycles. The maximum atomic E-state index is 13.6. The Morgan fingerprint density at radius 3 is 2.70 bits per heavy atom. The smallest absolute Gasteiger partial charge is 0.271 e. The lowest BCUT2D eigenvalue weighted by Crippen LogP contribution is -2.21. The molecule has 0 aliphatic carbocycles. The topological polar surface area (TPSA) is 75.6 Å². The van der Waals surface area contributed by atoms with Crippen LogP contribution in [-0.4, -0.2) is 26.5 Å². The van der Waals surface area contributed by atoms with Crippen LogP contribution in [0.4, 0.5) is 10.2 Å². The van der Waals surface area contributed by atoms with Gasteiger partial charge in [0.05, 0.1) is 22.0 Å². The van der Waals surface area contributed by atoms with Gasteiger partial charge in [-0.2, -0.15) is 14.9 Å². The van der Waals surface area contributed by atoms with Crippen molar-refractivity contribution in [3.05, 3.63) is 81.4 Å². The molecule has 30 heavy (non-hydrogen) atoms. The first-order valence-electron chi connectivity index (χ1n) is 9.44. The van der Waals surface area contributed by atoms with Crippen LogP contribution < -0.4 is 10.9 Å². The predicted molar refractivity (Wildman–Crippen MR) is 117 cm³/mol. The highest BCUT2D eigenvalue weighted by atomic mass is 35.5. The molecular formula is C22H19ClFN5O. The van der Waals surface area contributed by atoms with Crippen LogP contribution in [0.3, 0.4) is 0 Å². The molecule has 0 radical (unpaired) electrons. The summed E-state index contributed by atoms with van der Waals surface area (Å²) in [6.07, 6.45) is 0. The quantitative estimate of drug-likeness (QED) is 0.482. The van der Waals surface area contributed by atoms with Crippen LogP contribution >= 0.6 is 11.6 Å². The van der Waals surface area contributed by atoms with Gasteiger partial charge in [-0.3, -0.25) is 9.89 Å². The third-order valence-electron chi connectivity index (χ3n) is 4.71. The van der Waals surface area contributed by atoms with Crippen molar-refractivity contribution in [3.8, 4) is 28.2 Å². The molecule has 0 bridgehead atoms. The van der Waals surface area contributed by atoms with E-state index < -0.39 is 5.82 Å². The normalized spacial score (nSPS) is 10.9. The molecule has 0 amide bonds. The van der Waals surface area contributed by atoms with Crippen LogP contribution in [0.2, 0.25) is 5.02 Å². The number of benzene rings is 2. The molecule has 0 saturated carbocycles. The number of nitrogens with zero attached hydrogens (tertiary/aromatic N) is 3. The minimum Gasteiger partial charge on any atom is -0.370 e. The van der Waals surface area contributed by atoms with Gasteiger partial charge in [0.2, 0.25) is 0 Å². The Balaban J connectivity index is 1.94. The number of para-hydroxylation sites is 1. The van der Waals surface area contributed by atoms with Gasteiger partial charge in [0.25, 0.3) is 5.56 Å². The fourth-order valence-electron chi connectivity index (χ4n) is 3.29. The largest absolute Gasteiger partial charge is 0.370 e. The Morgan fingerprint density at radius 2 is 1.97 bits per heavy atom. The van der Waals surface area contributed by atoms with Crippen LogP contribution in [0.5, 0.6) is 0 Å². The van der Waals surface area contributed by atoms with Crippen LogP contribution in [0, 0.1) is 12.7 Å². The van der Waals surface area contributed by atoms with Gasteiger partial charge in [0.1, 0.15) is 17.3 Å². The van der Waals surface area contributed by atoms with Crippen LogP contribution in [0.1, 0.15) is 12.5 Å². The molecule has 2 N–H and O–H groups in total. The Kier molecular flexibility index (Phi) is 5.37. The highest BCUT2D eigenvalue weighted by molar-refractivity contribution is 6.33. The SMILES string of the molecule is CCNc1[nH]nc(-c2ccc(F)cc2Cl)c1-c1ccc(=O)n(-c2ccccc2C)n1. The monoisotopic (exact) mass is 423 g/mol. The van der Waals surface area contributed by atoms with Crippen LogP contribution in [-0.2, 0) is 0 Å². The summed E-state index contributed by atoms with van der Waals surface area (Å²) < 4.78 is 14.9. The molecule has 0 aliphatic rings.